The summed E-state index contributed by atoms with van der Waals surface area (Å²) in [7, 11) is 0. The Bertz CT molecular complexity index is 1300. The number of carbonyl (C=O) groups is 3. The third kappa shape index (κ3) is 4.13. The number of fused-ring (bicyclic) bond motifs is 2. The van der Waals surface area contributed by atoms with Crippen LogP contribution in [0.1, 0.15) is 45.2 Å². The highest BCUT2D eigenvalue weighted by Gasteiger charge is 2.14. The van der Waals surface area contributed by atoms with Crippen molar-refractivity contribution in [3.8, 4) is 0 Å². The number of benzene rings is 2. The van der Waals surface area contributed by atoms with Crippen molar-refractivity contribution >= 4 is 45.3 Å². The first kappa shape index (κ1) is 20.2. The lowest BCUT2D eigenvalue weighted by atomic mass is 10.1. The van der Waals surface area contributed by atoms with Crippen LogP contribution in [0.15, 0.2) is 48.5 Å². The minimum atomic E-state index is -0.438. The van der Waals surface area contributed by atoms with E-state index in [-0.39, 0.29) is 12.5 Å². The zero-order chi connectivity index (χ0) is 22.0. The number of amides is 1. The Morgan fingerprint density at radius 2 is 1.32 bits per heavy atom. The van der Waals surface area contributed by atoms with Crippen LogP contribution in [-0.2, 0) is 9.47 Å². The van der Waals surface area contributed by atoms with E-state index in [0.29, 0.717) is 29.2 Å². The van der Waals surface area contributed by atoms with E-state index in [9.17, 15) is 14.4 Å². The van der Waals surface area contributed by atoms with Crippen LogP contribution >= 0.6 is 0 Å². The number of rotatable bonds is 6. The van der Waals surface area contributed by atoms with Crippen molar-refractivity contribution in [3.63, 3.8) is 0 Å². The molecule has 0 fully saturated rings. The second kappa shape index (κ2) is 8.35. The highest BCUT2D eigenvalue weighted by Crippen LogP contribution is 2.22. The lowest BCUT2D eigenvalue weighted by Gasteiger charge is -2.05. The fraction of sp³-hybridized carbons (Fsp3) is 0.174. The molecule has 0 spiro atoms. The van der Waals surface area contributed by atoms with Crippen LogP contribution in [0.3, 0.4) is 0 Å². The number of anilines is 1. The largest absolute Gasteiger partial charge is 0.461 e. The molecule has 0 saturated carbocycles. The Morgan fingerprint density at radius 3 is 1.90 bits per heavy atom. The lowest BCUT2D eigenvalue weighted by Crippen LogP contribution is -2.11. The quantitative estimate of drug-likeness (QED) is 0.404. The zero-order valence-electron chi connectivity index (χ0n) is 17.1. The number of nitrogens with one attached hydrogen (secondary N) is 3. The van der Waals surface area contributed by atoms with Crippen LogP contribution < -0.4 is 5.32 Å². The molecule has 3 N–H and O–H groups in total. The van der Waals surface area contributed by atoms with Crippen molar-refractivity contribution in [2.45, 2.75) is 13.8 Å². The molecule has 2 heterocycles. The smallest absolute Gasteiger partial charge is 0.354 e. The van der Waals surface area contributed by atoms with Gasteiger partial charge in [0.15, 0.2) is 0 Å². The van der Waals surface area contributed by atoms with Gasteiger partial charge >= 0.3 is 11.9 Å². The highest BCUT2D eigenvalue weighted by atomic mass is 16.5. The standard InChI is InChI=1S/C23H21N3O5/c1-3-30-22(28)19-11-14-9-13(5-7-17(14)25-19)21(27)24-16-6-8-18-15(10-16)12-20(26-18)23(29)31-4-2/h5-12,25-26H,3-4H2,1-2H3,(H,24,27). The summed E-state index contributed by atoms with van der Waals surface area (Å²) in [6, 6.07) is 13.8. The minimum absolute atomic E-state index is 0.286. The van der Waals surface area contributed by atoms with Gasteiger partial charge in [-0.25, -0.2) is 9.59 Å². The van der Waals surface area contributed by atoms with Crippen LogP contribution in [0.4, 0.5) is 5.69 Å². The predicted molar refractivity (Wildman–Crippen MR) is 116 cm³/mol. The van der Waals surface area contributed by atoms with Crippen molar-refractivity contribution in [3.05, 3.63) is 65.5 Å². The molecule has 8 heteroatoms. The van der Waals surface area contributed by atoms with Crippen LogP contribution in [0, 0.1) is 0 Å². The number of H-pyrrole nitrogens is 2. The maximum Gasteiger partial charge on any atom is 0.354 e. The van der Waals surface area contributed by atoms with Gasteiger partial charge in [-0.1, -0.05) is 0 Å². The molecular weight excluding hydrogens is 398 g/mol. The minimum Gasteiger partial charge on any atom is -0.461 e. The predicted octanol–water partition coefficient (Wildman–Crippen LogP) is 4.25. The van der Waals surface area contributed by atoms with Crippen molar-refractivity contribution in [1.82, 2.24) is 9.97 Å². The third-order valence-corrected chi connectivity index (χ3v) is 4.75. The van der Waals surface area contributed by atoms with Gasteiger partial charge in [-0.3, -0.25) is 4.79 Å². The molecule has 2 aromatic heterocycles. The first-order valence-electron chi connectivity index (χ1n) is 9.89. The number of esters is 2. The molecular formula is C23H21N3O5. The van der Waals surface area contributed by atoms with Crippen molar-refractivity contribution < 1.29 is 23.9 Å². The third-order valence-electron chi connectivity index (χ3n) is 4.75. The molecule has 0 aliphatic rings. The van der Waals surface area contributed by atoms with E-state index in [1.54, 1.807) is 62.4 Å². The fourth-order valence-corrected chi connectivity index (χ4v) is 3.33. The fourth-order valence-electron chi connectivity index (χ4n) is 3.33. The normalized spacial score (nSPS) is 10.9. The highest BCUT2D eigenvalue weighted by molar-refractivity contribution is 6.07. The van der Waals surface area contributed by atoms with E-state index in [2.05, 4.69) is 15.3 Å². The number of hydrogen-bond donors (Lipinski definition) is 3. The summed E-state index contributed by atoms with van der Waals surface area (Å²) in [5.74, 6) is -1.15. The van der Waals surface area contributed by atoms with Crippen LogP contribution in [0.2, 0.25) is 0 Å². The maximum atomic E-state index is 12.7. The summed E-state index contributed by atoms with van der Waals surface area (Å²) in [6.07, 6.45) is 0. The summed E-state index contributed by atoms with van der Waals surface area (Å²) in [5.41, 5.74) is 3.23. The number of ether oxygens (including phenoxy) is 2. The molecule has 8 nitrogen and oxygen atoms in total. The summed E-state index contributed by atoms with van der Waals surface area (Å²) in [5, 5.41) is 4.37. The van der Waals surface area contributed by atoms with Gasteiger partial charge in [0, 0.05) is 33.1 Å². The first-order valence-corrected chi connectivity index (χ1v) is 9.89. The molecule has 0 unspecified atom stereocenters. The van der Waals surface area contributed by atoms with Gasteiger partial charge < -0.3 is 24.8 Å². The molecule has 1 amide bonds. The average molecular weight is 419 g/mol. The van der Waals surface area contributed by atoms with E-state index in [0.717, 1.165) is 21.8 Å². The van der Waals surface area contributed by atoms with Gasteiger partial charge in [0.05, 0.1) is 13.2 Å². The number of aromatic nitrogens is 2. The summed E-state index contributed by atoms with van der Waals surface area (Å²) < 4.78 is 10.0. The van der Waals surface area contributed by atoms with Crippen LogP contribution in [-0.4, -0.2) is 41.0 Å². The monoisotopic (exact) mass is 419 g/mol. The second-order valence-electron chi connectivity index (χ2n) is 6.87. The molecule has 0 aliphatic heterocycles. The molecule has 158 valence electrons. The SMILES string of the molecule is CCOC(=O)c1cc2cc(NC(=O)c3ccc4[nH]c(C(=O)OCC)cc4c3)ccc2[nH]1. The topological polar surface area (TPSA) is 113 Å². The Balaban J connectivity index is 1.54. The van der Waals surface area contributed by atoms with Gasteiger partial charge in [-0.15, -0.1) is 0 Å². The van der Waals surface area contributed by atoms with Crippen LogP contribution in [0.5, 0.6) is 0 Å². The van der Waals surface area contributed by atoms with Crippen molar-refractivity contribution in [1.29, 1.82) is 0 Å². The molecule has 0 atom stereocenters. The number of carbonyl (C=O) groups excluding carboxylic acids is 3. The Hall–Kier alpha value is -4.07. The van der Waals surface area contributed by atoms with E-state index in [1.165, 1.54) is 0 Å². The molecule has 0 aliphatic carbocycles. The van der Waals surface area contributed by atoms with Gasteiger partial charge in [0.2, 0.25) is 0 Å². The molecule has 0 radical (unpaired) electrons. The van der Waals surface area contributed by atoms with Crippen molar-refractivity contribution in [2.75, 3.05) is 18.5 Å². The first-order chi connectivity index (χ1) is 15.0. The van der Waals surface area contributed by atoms with E-state index in [4.69, 9.17) is 9.47 Å². The maximum absolute atomic E-state index is 12.7. The zero-order valence-corrected chi connectivity index (χ0v) is 17.1. The van der Waals surface area contributed by atoms with E-state index < -0.39 is 11.9 Å². The molecule has 31 heavy (non-hydrogen) atoms. The van der Waals surface area contributed by atoms with Gasteiger partial charge in [0.25, 0.3) is 5.91 Å². The molecule has 0 saturated heterocycles. The van der Waals surface area contributed by atoms with Gasteiger partial charge in [0.1, 0.15) is 11.4 Å². The van der Waals surface area contributed by atoms with Gasteiger partial charge in [-0.2, -0.15) is 0 Å². The molecule has 4 aromatic rings. The number of hydrogen-bond acceptors (Lipinski definition) is 5. The Morgan fingerprint density at radius 1 is 0.774 bits per heavy atom. The summed E-state index contributed by atoms with van der Waals surface area (Å²) in [4.78, 5) is 42.5. The number of aromatic amines is 2. The summed E-state index contributed by atoms with van der Waals surface area (Å²) in [6.45, 7) is 4.07. The summed E-state index contributed by atoms with van der Waals surface area (Å²) >= 11 is 0. The van der Waals surface area contributed by atoms with E-state index in [1.807, 2.05) is 0 Å². The Kier molecular flexibility index (Phi) is 5.44. The van der Waals surface area contributed by atoms with E-state index >= 15 is 0 Å². The molecule has 0 bridgehead atoms. The molecule has 2 aromatic carbocycles. The Labute approximate surface area is 177 Å². The van der Waals surface area contributed by atoms with Gasteiger partial charge in [-0.05, 0) is 62.4 Å². The lowest BCUT2D eigenvalue weighted by molar-refractivity contribution is 0.0511. The molecule has 4 rings (SSSR count). The van der Waals surface area contributed by atoms with Crippen molar-refractivity contribution in [2.24, 2.45) is 0 Å². The average Bonchev–Trinajstić information content (AvgIpc) is 3.37. The van der Waals surface area contributed by atoms with Crippen LogP contribution in [0.25, 0.3) is 21.8 Å². The second-order valence-corrected chi connectivity index (χ2v) is 6.87.